The lowest BCUT2D eigenvalue weighted by molar-refractivity contribution is -0.299. The molecule has 0 aromatic heterocycles. The molecule has 1 N–H and O–H groups in total. The number of nitrogens with one attached hydrogen (secondary N) is 1. The van der Waals surface area contributed by atoms with Crippen molar-refractivity contribution in [1.82, 2.24) is 5.32 Å². The van der Waals surface area contributed by atoms with Crippen molar-refractivity contribution in [3.8, 4) is 0 Å². The Kier molecular flexibility index (Phi) is 2.19. The van der Waals surface area contributed by atoms with Crippen LogP contribution >= 0.6 is 11.8 Å². The summed E-state index contributed by atoms with van der Waals surface area (Å²) < 4.78 is 0. The molecule has 1 rings (SSSR count). The number of rotatable bonds is 1. The van der Waals surface area contributed by atoms with Gasteiger partial charge in [-0.05, 0) is 6.92 Å². The number of carboxylic acid groups (broad SMARTS) is 1. The van der Waals surface area contributed by atoms with Gasteiger partial charge in [0.15, 0.2) is 0 Å². The normalized spacial score (nSPS) is 21.4. The van der Waals surface area contributed by atoms with Crippen molar-refractivity contribution >= 4 is 23.6 Å². The summed E-state index contributed by atoms with van der Waals surface area (Å²) in [5.41, 5.74) is 0.0841. The molecule has 1 aliphatic heterocycles. The SMILES string of the molecule is CC(C(=O)[O-])=C1NC(=O)CS1. The number of amides is 1. The van der Waals surface area contributed by atoms with E-state index in [2.05, 4.69) is 5.32 Å². The molecule has 4 nitrogen and oxygen atoms in total. The second-order valence-electron chi connectivity index (χ2n) is 2.08. The Morgan fingerprint density at radius 1 is 1.73 bits per heavy atom. The van der Waals surface area contributed by atoms with Crippen molar-refractivity contribution in [3.05, 3.63) is 10.6 Å². The lowest BCUT2D eigenvalue weighted by Crippen LogP contribution is -2.26. The molecule has 60 valence electrons. The molecule has 0 saturated carbocycles. The number of hydrogen-bond donors (Lipinski definition) is 1. The molecule has 5 heteroatoms. The van der Waals surface area contributed by atoms with Crippen molar-refractivity contribution in [2.24, 2.45) is 0 Å². The Bertz CT molecular complexity index is 246. The van der Waals surface area contributed by atoms with Crippen LogP contribution in [0.25, 0.3) is 0 Å². The molecular formula is C6H6NO3S-. The second kappa shape index (κ2) is 2.96. The third kappa shape index (κ3) is 1.74. The van der Waals surface area contributed by atoms with E-state index in [1.807, 2.05) is 0 Å². The van der Waals surface area contributed by atoms with Gasteiger partial charge < -0.3 is 15.2 Å². The van der Waals surface area contributed by atoms with Crippen LogP contribution in [-0.2, 0) is 9.59 Å². The van der Waals surface area contributed by atoms with E-state index < -0.39 is 5.97 Å². The van der Waals surface area contributed by atoms with Gasteiger partial charge in [0.05, 0.1) is 16.8 Å². The zero-order chi connectivity index (χ0) is 8.43. The highest BCUT2D eigenvalue weighted by Crippen LogP contribution is 2.21. The minimum atomic E-state index is -1.24. The minimum absolute atomic E-state index is 0.0841. The van der Waals surface area contributed by atoms with Crippen LogP contribution < -0.4 is 10.4 Å². The van der Waals surface area contributed by atoms with Gasteiger partial charge in [0, 0.05) is 5.57 Å². The zero-order valence-corrected chi connectivity index (χ0v) is 6.66. The van der Waals surface area contributed by atoms with Gasteiger partial charge in [-0.3, -0.25) is 4.79 Å². The fourth-order valence-corrected chi connectivity index (χ4v) is 1.46. The summed E-state index contributed by atoms with van der Waals surface area (Å²) in [4.78, 5) is 20.9. The summed E-state index contributed by atoms with van der Waals surface area (Å²) in [5.74, 6) is -1.11. The topological polar surface area (TPSA) is 69.2 Å². The van der Waals surface area contributed by atoms with Crippen LogP contribution in [0, 0.1) is 0 Å². The third-order valence-corrected chi connectivity index (χ3v) is 2.35. The molecule has 0 aromatic rings. The maximum atomic E-state index is 10.6. The maximum Gasteiger partial charge on any atom is 0.235 e. The van der Waals surface area contributed by atoms with E-state index in [0.29, 0.717) is 10.8 Å². The predicted molar refractivity (Wildman–Crippen MR) is 38.3 cm³/mol. The standard InChI is InChI=1S/C6H7NO3S/c1-3(6(9)10)5-7-4(8)2-11-5/h2H2,1H3,(H,7,8)(H,9,10)/p-1. The molecule has 0 aliphatic carbocycles. The van der Waals surface area contributed by atoms with Gasteiger partial charge in [-0.2, -0.15) is 0 Å². The Morgan fingerprint density at radius 2 is 2.36 bits per heavy atom. The van der Waals surface area contributed by atoms with Crippen molar-refractivity contribution in [2.75, 3.05) is 5.75 Å². The Labute approximate surface area is 67.7 Å². The average molecular weight is 172 g/mol. The quantitative estimate of drug-likeness (QED) is 0.506. The Morgan fingerprint density at radius 3 is 2.73 bits per heavy atom. The smallest absolute Gasteiger partial charge is 0.235 e. The van der Waals surface area contributed by atoms with E-state index in [1.165, 1.54) is 18.7 Å². The molecule has 0 unspecified atom stereocenters. The number of carboxylic acids is 1. The van der Waals surface area contributed by atoms with Crippen molar-refractivity contribution in [2.45, 2.75) is 6.92 Å². The number of aliphatic carboxylic acids is 1. The molecule has 1 fully saturated rings. The molecule has 1 saturated heterocycles. The van der Waals surface area contributed by atoms with E-state index in [-0.39, 0.29) is 11.5 Å². The predicted octanol–water partition coefficient (Wildman–Crippen LogP) is -1.17. The summed E-state index contributed by atoms with van der Waals surface area (Å²) in [6.45, 7) is 1.41. The molecule has 0 bridgehead atoms. The fourth-order valence-electron chi connectivity index (χ4n) is 0.631. The first-order valence-corrected chi connectivity index (χ1v) is 3.94. The molecule has 0 aromatic carbocycles. The molecule has 0 spiro atoms. The van der Waals surface area contributed by atoms with Crippen molar-refractivity contribution in [3.63, 3.8) is 0 Å². The van der Waals surface area contributed by atoms with Crippen molar-refractivity contribution < 1.29 is 14.7 Å². The highest BCUT2D eigenvalue weighted by atomic mass is 32.2. The summed E-state index contributed by atoms with van der Waals surface area (Å²) in [7, 11) is 0. The molecule has 0 radical (unpaired) electrons. The first kappa shape index (κ1) is 8.13. The number of hydrogen-bond acceptors (Lipinski definition) is 4. The number of carbonyl (C=O) groups is 2. The van der Waals surface area contributed by atoms with E-state index in [9.17, 15) is 14.7 Å². The van der Waals surface area contributed by atoms with Crippen molar-refractivity contribution in [1.29, 1.82) is 0 Å². The lowest BCUT2D eigenvalue weighted by atomic mass is 10.3. The largest absolute Gasteiger partial charge is 0.545 e. The van der Waals surface area contributed by atoms with E-state index in [1.54, 1.807) is 0 Å². The minimum Gasteiger partial charge on any atom is -0.545 e. The van der Waals surface area contributed by atoms with Crippen LogP contribution in [0.15, 0.2) is 10.6 Å². The van der Waals surface area contributed by atoms with Gasteiger partial charge in [-0.1, -0.05) is 11.8 Å². The zero-order valence-electron chi connectivity index (χ0n) is 5.84. The fraction of sp³-hybridized carbons (Fsp3) is 0.333. The third-order valence-electron chi connectivity index (χ3n) is 1.25. The lowest BCUT2D eigenvalue weighted by Gasteiger charge is -2.04. The maximum absolute atomic E-state index is 10.6. The molecule has 1 amide bonds. The van der Waals surface area contributed by atoms with E-state index >= 15 is 0 Å². The summed E-state index contributed by atoms with van der Waals surface area (Å²) in [6.07, 6.45) is 0. The van der Waals surface area contributed by atoms with Gasteiger partial charge in [0.2, 0.25) is 5.91 Å². The highest BCUT2D eigenvalue weighted by molar-refractivity contribution is 8.04. The van der Waals surface area contributed by atoms with Crippen LogP contribution in [0.4, 0.5) is 0 Å². The van der Waals surface area contributed by atoms with E-state index in [0.717, 1.165) is 0 Å². The van der Waals surface area contributed by atoms with Crippen LogP contribution in [0.5, 0.6) is 0 Å². The van der Waals surface area contributed by atoms with Crippen LogP contribution in [-0.4, -0.2) is 17.6 Å². The summed E-state index contributed by atoms with van der Waals surface area (Å²) in [5, 5.41) is 13.1. The summed E-state index contributed by atoms with van der Waals surface area (Å²) >= 11 is 1.19. The molecule has 1 aliphatic rings. The summed E-state index contributed by atoms with van der Waals surface area (Å²) in [6, 6.07) is 0. The highest BCUT2D eigenvalue weighted by Gasteiger charge is 2.17. The van der Waals surface area contributed by atoms with Gasteiger partial charge >= 0.3 is 0 Å². The number of carbonyl (C=O) groups excluding carboxylic acids is 2. The first-order chi connectivity index (χ1) is 5.11. The van der Waals surface area contributed by atoms with Gasteiger partial charge in [0.1, 0.15) is 0 Å². The van der Waals surface area contributed by atoms with E-state index in [4.69, 9.17) is 0 Å². The van der Waals surface area contributed by atoms with Gasteiger partial charge in [-0.25, -0.2) is 0 Å². The second-order valence-corrected chi connectivity index (χ2v) is 3.06. The molecular weight excluding hydrogens is 166 g/mol. The molecule has 11 heavy (non-hydrogen) atoms. The Hall–Kier alpha value is -0.970. The molecule has 1 heterocycles. The first-order valence-electron chi connectivity index (χ1n) is 2.96. The van der Waals surface area contributed by atoms with Crippen LogP contribution in [0.2, 0.25) is 0 Å². The Balaban J connectivity index is 2.81. The van der Waals surface area contributed by atoms with Gasteiger partial charge in [0.25, 0.3) is 0 Å². The van der Waals surface area contributed by atoms with Gasteiger partial charge in [-0.15, -0.1) is 0 Å². The number of thioether (sulfide) groups is 1. The monoisotopic (exact) mass is 172 g/mol. The van der Waals surface area contributed by atoms with Crippen LogP contribution in [0.3, 0.4) is 0 Å². The molecule has 0 atom stereocenters. The van der Waals surface area contributed by atoms with Crippen LogP contribution in [0.1, 0.15) is 6.92 Å². The average Bonchev–Trinajstić information content (AvgIpc) is 2.34.